The van der Waals surface area contributed by atoms with Crippen LogP contribution in [0.5, 0.6) is 0 Å². The Bertz CT molecular complexity index is 401. The Kier molecular flexibility index (Phi) is 5.35. The average Bonchev–Trinajstić information content (AvgIpc) is 2.29. The molecule has 1 amide bonds. The molecule has 3 nitrogen and oxygen atoms in total. The molecule has 0 saturated carbocycles. The summed E-state index contributed by atoms with van der Waals surface area (Å²) in [6.45, 7) is 5.77. The van der Waals surface area contributed by atoms with Crippen molar-refractivity contribution in [3.8, 4) is 0 Å². The summed E-state index contributed by atoms with van der Waals surface area (Å²) < 4.78 is 6.28. The molecule has 0 bridgehead atoms. The lowest BCUT2D eigenvalue weighted by Gasteiger charge is -2.23. The first-order valence-corrected chi connectivity index (χ1v) is 6.73. The number of amides is 1. The van der Waals surface area contributed by atoms with Crippen LogP contribution < -0.4 is 5.32 Å². The predicted molar refractivity (Wildman–Crippen MR) is 76.4 cm³/mol. The molecule has 0 aliphatic heterocycles. The summed E-state index contributed by atoms with van der Waals surface area (Å²) >= 11 is 3.39. The van der Waals surface area contributed by atoms with Crippen LogP contribution in [0.15, 0.2) is 28.7 Å². The van der Waals surface area contributed by atoms with Gasteiger partial charge < -0.3 is 10.1 Å². The van der Waals surface area contributed by atoms with Gasteiger partial charge >= 0.3 is 0 Å². The number of carbonyl (C=O) groups excluding carboxylic acids is 1. The van der Waals surface area contributed by atoms with Crippen molar-refractivity contribution in [3.05, 3.63) is 34.3 Å². The van der Waals surface area contributed by atoms with E-state index in [1.54, 1.807) is 7.11 Å². The first-order chi connectivity index (χ1) is 8.34. The van der Waals surface area contributed by atoms with E-state index < -0.39 is 5.60 Å². The van der Waals surface area contributed by atoms with Gasteiger partial charge in [0, 0.05) is 11.6 Å². The molecule has 0 fully saturated rings. The number of halogens is 1. The number of hydrogen-bond donors (Lipinski definition) is 1. The molecular weight excluding hydrogens is 294 g/mol. The van der Waals surface area contributed by atoms with Crippen LogP contribution in [0.3, 0.4) is 0 Å². The number of ether oxygens (including phenoxy) is 1. The van der Waals surface area contributed by atoms with E-state index in [0.29, 0.717) is 6.42 Å². The van der Waals surface area contributed by atoms with Gasteiger partial charge in [0.1, 0.15) is 0 Å². The summed E-state index contributed by atoms with van der Waals surface area (Å²) in [6, 6.07) is 7.93. The van der Waals surface area contributed by atoms with Gasteiger partial charge in [-0.15, -0.1) is 0 Å². The fraction of sp³-hybridized carbons (Fsp3) is 0.500. The second kappa shape index (κ2) is 6.34. The van der Waals surface area contributed by atoms with E-state index in [1.165, 1.54) is 0 Å². The second-order valence-electron chi connectivity index (χ2n) is 4.98. The molecule has 0 spiro atoms. The monoisotopic (exact) mass is 313 g/mol. The molecule has 1 aromatic rings. The first kappa shape index (κ1) is 15.2. The van der Waals surface area contributed by atoms with Crippen molar-refractivity contribution in [3.63, 3.8) is 0 Å². The molecule has 1 aromatic carbocycles. The molecule has 0 saturated heterocycles. The van der Waals surface area contributed by atoms with E-state index in [1.807, 2.05) is 45.0 Å². The van der Waals surface area contributed by atoms with E-state index in [-0.39, 0.29) is 11.9 Å². The summed E-state index contributed by atoms with van der Waals surface area (Å²) in [6.07, 6.45) is 0.352. The van der Waals surface area contributed by atoms with Crippen LogP contribution in [0, 0.1) is 0 Å². The Morgan fingerprint density at radius 2 is 1.94 bits per heavy atom. The number of rotatable bonds is 5. The fourth-order valence-electron chi connectivity index (χ4n) is 1.59. The van der Waals surface area contributed by atoms with Crippen LogP contribution in [-0.2, 0) is 9.53 Å². The van der Waals surface area contributed by atoms with Gasteiger partial charge in [-0.25, -0.2) is 0 Å². The molecule has 1 unspecified atom stereocenters. The van der Waals surface area contributed by atoms with Crippen LogP contribution >= 0.6 is 15.9 Å². The molecular formula is C14H20BrNO2. The minimum absolute atomic E-state index is 0.00161. The smallest absolute Gasteiger partial charge is 0.223 e. The highest BCUT2D eigenvalue weighted by Crippen LogP contribution is 2.18. The number of hydrogen-bond acceptors (Lipinski definition) is 2. The highest BCUT2D eigenvalue weighted by Gasteiger charge is 2.22. The number of nitrogens with one attached hydrogen (secondary N) is 1. The Morgan fingerprint density at radius 1 is 1.39 bits per heavy atom. The van der Waals surface area contributed by atoms with E-state index in [9.17, 15) is 4.79 Å². The quantitative estimate of drug-likeness (QED) is 0.904. The number of methoxy groups -OCH3 is 1. The molecule has 0 aliphatic rings. The molecule has 4 heteroatoms. The maximum absolute atomic E-state index is 11.9. The molecule has 100 valence electrons. The zero-order valence-corrected chi connectivity index (χ0v) is 12.9. The van der Waals surface area contributed by atoms with Gasteiger partial charge in [-0.05, 0) is 38.5 Å². The lowest BCUT2D eigenvalue weighted by molar-refractivity contribution is -0.126. The van der Waals surface area contributed by atoms with Gasteiger partial charge in [0.25, 0.3) is 0 Å². The van der Waals surface area contributed by atoms with Crippen LogP contribution in [0.4, 0.5) is 0 Å². The topological polar surface area (TPSA) is 38.3 Å². The lowest BCUT2D eigenvalue weighted by atomic mass is 10.0. The second-order valence-corrected chi connectivity index (χ2v) is 5.90. The molecule has 1 rings (SSSR count). The van der Waals surface area contributed by atoms with Crippen molar-refractivity contribution >= 4 is 21.8 Å². The predicted octanol–water partition coefficient (Wildman–Crippen LogP) is 3.44. The third kappa shape index (κ3) is 4.78. The summed E-state index contributed by atoms with van der Waals surface area (Å²) in [5.74, 6) is -0.00253. The molecule has 18 heavy (non-hydrogen) atoms. The summed E-state index contributed by atoms with van der Waals surface area (Å²) in [5, 5.41) is 2.97. The maximum atomic E-state index is 11.9. The zero-order valence-electron chi connectivity index (χ0n) is 11.3. The number of benzene rings is 1. The lowest BCUT2D eigenvalue weighted by Crippen LogP contribution is -2.34. The van der Waals surface area contributed by atoms with Crippen LogP contribution in [0.1, 0.15) is 38.8 Å². The summed E-state index contributed by atoms with van der Waals surface area (Å²) in [4.78, 5) is 11.9. The standard InChI is InChI=1S/C14H20BrNO2/c1-10(11-5-7-12(15)8-6-11)16-13(17)9-14(2,3)18-4/h5-8,10H,9H2,1-4H3,(H,16,17). The largest absolute Gasteiger partial charge is 0.378 e. The third-order valence-corrected chi connectivity index (χ3v) is 3.42. The van der Waals surface area contributed by atoms with Crippen molar-refractivity contribution in [1.82, 2.24) is 5.32 Å². The SMILES string of the molecule is COC(C)(C)CC(=O)NC(C)c1ccc(Br)cc1. The molecule has 1 N–H and O–H groups in total. The van der Waals surface area contributed by atoms with Crippen molar-refractivity contribution in [2.24, 2.45) is 0 Å². The van der Waals surface area contributed by atoms with Crippen LogP contribution in [0.2, 0.25) is 0 Å². The van der Waals surface area contributed by atoms with Crippen molar-refractivity contribution in [1.29, 1.82) is 0 Å². The normalized spacial score (nSPS) is 13.2. The minimum Gasteiger partial charge on any atom is -0.378 e. The maximum Gasteiger partial charge on any atom is 0.223 e. The number of carbonyl (C=O) groups is 1. The highest BCUT2D eigenvalue weighted by atomic mass is 79.9. The highest BCUT2D eigenvalue weighted by molar-refractivity contribution is 9.10. The van der Waals surface area contributed by atoms with Crippen molar-refractivity contribution in [2.75, 3.05) is 7.11 Å². The minimum atomic E-state index is -0.427. The third-order valence-electron chi connectivity index (χ3n) is 2.89. The van der Waals surface area contributed by atoms with Gasteiger partial charge in [-0.2, -0.15) is 0 Å². The van der Waals surface area contributed by atoms with Gasteiger partial charge in [0.2, 0.25) is 5.91 Å². The zero-order chi connectivity index (χ0) is 13.8. The van der Waals surface area contributed by atoms with Crippen molar-refractivity contribution in [2.45, 2.75) is 38.8 Å². The van der Waals surface area contributed by atoms with Gasteiger partial charge in [-0.3, -0.25) is 4.79 Å². The average molecular weight is 314 g/mol. The summed E-state index contributed by atoms with van der Waals surface area (Å²) in [5.41, 5.74) is 0.658. The first-order valence-electron chi connectivity index (χ1n) is 5.94. The molecule has 0 heterocycles. The van der Waals surface area contributed by atoms with Gasteiger partial charge in [0.15, 0.2) is 0 Å². The van der Waals surface area contributed by atoms with E-state index in [2.05, 4.69) is 21.2 Å². The van der Waals surface area contributed by atoms with Gasteiger partial charge in [-0.1, -0.05) is 28.1 Å². The van der Waals surface area contributed by atoms with E-state index in [4.69, 9.17) is 4.74 Å². The van der Waals surface area contributed by atoms with Crippen molar-refractivity contribution < 1.29 is 9.53 Å². The van der Waals surface area contributed by atoms with E-state index >= 15 is 0 Å². The van der Waals surface area contributed by atoms with Crippen LogP contribution in [0.25, 0.3) is 0 Å². The molecule has 0 aromatic heterocycles. The Morgan fingerprint density at radius 3 is 2.44 bits per heavy atom. The Hall–Kier alpha value is -0.870. The Balaban J connectivity index is 2.57. The fourth-order valence-corrected chi connectivity index (χ4v) is 1.85. The molecule has 1 atom stereocenters. The van der Waals surface area contributed by atoms with Gasteiger partial charge in [0.05, 0.1) is 18.1 Å². The molecule has 0 radical (unpaired) electrons. The van der Waals surface area contributed by atoms with Crippen LogP contribution in [-0.4, -0.2) is 18.6 Å². The Labute approximate surface area is 117 Å². The summed E-state index contributed by atoms with van der Waals surface area (Å²) in [7, 11) is 1.62. The molecule has 0 aliphatic carbocycles. The van der Waals surface area contributed by atoms with E-state index in [0.717, 1.165) is 10.0 Å².